The quantitative estimate of drug-likeness (QED) is 0.685. The number of hydrogen-bond acceptors (Lipinski definition) is 3. The van der Waals surface area contributed by atoms with Crippen LogP contribution >= 0.6 is 0 Å². The van der Waals surface area contributed by atoms with Crippen molar-refractivity contribution in [3.8, 4) is 11.3 Å². The molecule has 5 heteroatoms. The lowest BCUT2D eigenvalue weighted by atomic mass is 10.1. The minimum absolute atomic E-state index is 0.544. The van der Waals surface area contributed by atoms with Gasteiger partial charge in [0.2, 0.25) is 0 Å². The van der Waals surface area contributed by atoms with E-state index in [4.69, 9.17) is 5.73 Å². The Labute approximate surface area is 105 Å². The van der Waals surface area contributed by atoms with Gasteiger partial charge in [-0.25, -0.2) is 4.98 Å². The molecule has 3 aromatic rings. The molecule has 0 aliphatic heterocycles. The molecule has 2 heterocycles. The molecule has 3 rings (SSSR count). The minimum atomic E-state index is 0.544. The summed E-state index contributed by atoms with van der Waals surface area (Å²) in [5, 5.41) is 6.99. The van der Waals surface area contributed by atoms with E-state index in [-0.39, 0.29) is 0 Å². The zero-order valence-corrected chi connectivity index (χ0v) is 10.7. The molecule has 0 unspecified atom stereocenters. The van der Waals surface area contributed by atoms with Crippen molar-refractivity contribution in [3.63, 3.8) is 0 Å². The van der Waals surface area contributed by atoms with Crippen LogP contribution in [0.3, 0.4) is 0 Å². The number of aryl methyl sites for hydroxylation is 2. The molecule has 0 atom stereocenters. The van der Waals surface area contributed by atoms with E-state index in [1.165, 1.54) is 0 Å². The SMILES string of the molecule is Cc1c(N)n[nH]c1-c1ccc2c(c1)nc(C)n2C. The van der Waals surface area contributed by atoms with Crippen LogP contribution in [0, 0.1) is 13.8 Å². The lowest BCUT2D eigenvalue weighted by Gasteiger charge is -2.01. The molecular formula is C13H15N5. The number of aromatic nitrogens is 4. The van der Waals surface area contributed by atoms with E-state index in [0.717, 1.165) is 33.7 Å². The predicted octanol–water partition coefficient (Wildman–Crippen LogP) is 2.16. The van der Waals surface area contributed by atoms with Crippen LogP contribution in [0.2, 0.25) is 0 Å². The second-order valence-electron chi connectivity index (χ2n) is 4.53. The average molecular weight is 241 g/mol. The summed E-state index contributed by atoms with van der Waals surface area (Å²) in [4.78, 5) is 4.53. The molecule has 0 fully saturated rings. The van der Waals surface area contributed by atoms with Crippen molar-refractivity contribution in [2.75, 3.05) is 5.73 Å². The third-order valence-corrected chi connectivity index (χ3v) is 3.44. The Bertz CT molecular complexity index is 735. The maximum Gasteiger partial charge on any atom is 0.148 e. The van der Waals surface area contributed by atoms with Gasteiger partial charge in [-0.15, -0.1) is 0 Å². The van der Waals surface area contributed by atoms with Crippen molar-refractivity contribution >= 4 is 16.9 Å². The van der Waals surface area contributed by atoms with Gasteiger partial charge in [0.1, 0.15) is 11.6 Å². The Hall–Kier alpha value is -2.30. The largest absolute Gasteiger partial charge is 0.382 e. The summed E-state index contributed by atoms with van der Waals surface area (Å²) in [6.45, 7) is 3.96. The molecule has 18 heavy (non-hydrogen) atoms. The maximum absolute atomic E-state index is 5.76. The van der Waals surface area contributed by atoms with E-state index in [1.807, 2.05) is 20.9 Å². The lowest BCUT2D eigenvalue weighted by Crippen LogP contribution is -1.90. The van der Waals surface area contributed by atoms with Crippen LogP contribution < -0.4 is 5.73 Å². The van der Waals surface area contributed by atoms with Crippen LogP contribution in [0.5, 0.6) is 0 Å². The molecule has 2 aromatic heterocycles. The van der Waals surface area contributed by atoms with Crippen molar-refractivity contribution in [1.82, 2.24) is 19.7 Å². The molecule has 0 radical (unpaired) electrons. The Morgan fingerprint density at radius 1 is 1.28 bits per heavy atom. The maximum atomic E-state index is 5.76. The number of nitrogens with two attached hydrogens (primary N) is 1. The average Bonchev–Trinajstić information content (AvgIpc) is 2.82. The number of nitrogens with zero attached hydrogens (tertiary/aromatic N) is 3. The number of H-pyrrole nitrogens is 1. The summed E-state index contributed by atoms with van der Waals surface area (Å²) in [6.07, 6.45) is 0. The van der Waals surface area contributed by atoms with Crippen molar-refractivity contribution in [2.24, 2.45) is 7.05 Å². The van der Waals surface area contributed by atoms with Gasteiger partial charge in [-0.2, -0.15) is 5.10 Å². The summed E-state index contributed by atoms with van der Waals surface area (Å²) >= 11 is 0. The van der Waals surface area contributed by atoms with Crippen molar-refractivity contribution in [3.05, 3.63) is 29.6 Å². The molecular weight excluding hydrogens is 226 g/mol. The fourth-order valence-electron chi connectivity index (χ4n) is 2.17. The third kappa shape index (κ3) is 1.40. The monoisotopic (exact) mass is 241 g/mol. The van der Waals surface area contributed by atoms with Crippen LogP contribution in [-0.4, -0.2) is 19.7 Å². The Balaban J connectivity index is 2.22. The topological polar surface area (TPSA) is 72.5 Å². The Kier molecular flexibility index (Phi) is 2.16. The molecule has 0 aliphatic carbocycles. The van der Waals surface area contributed by atoms with Crippen LogP contribution in [0.4, 0.5) is 5.82 Å². The number of aromatic amines is 1. The first-order valence-electron chi connectivity index (χ1n) is 5.82. The van der Waals surface area contributed by atoms with Gasteiger partial charge in [-0.05, 0) is 26.0 Å². The predicted molar refractivity (Wildman–Crippen MR) is 72.2 cm³/mol. The number of benzene rings is 1. The first-order chi connectivity index (χ1) is 8.58. The van der Waals surface area contributed by atoms with E-state index in [2.05, 4.69) is 37.9 Å². The molecule has 0 amide bonds. The number of imidazole rings is 1. The fourth-order valence-corrected chi connectivity index (χ4v) is 2.17. The van der Waals surface area contributed by atoms with Gasteiger partial charge in [-0.3, -0.25) is 5.10 Å². The van der Waals surface area contributed by atoms with Gasteiger partial charge in [-0.1, -0.05) is 6.07 Å². The van der Waals surface area contributed by atoms with Crippen LogP contribution in [0.1, 0.15) is 11.4 Å². The molecule has 0 saturated heterocycles. The molecule has 5 nitrogen and oxygen atoms in total. The van der Waals surface area contributed by atoms with E-state index < -0.39 is 0 Å². The number of fused-ring (bicyclic) bond motifs is 1. The van der Waals surface area contributed by atoms with Crippen molar-refractivity contribution in [2.45, 2.75) is 13.8 Å². The normalized spacial score (nSPS) is 11.3. The first kappa shape index (κ1) is 10.8. The molecule has 0 aliphatic rings. The molecule has 3 N–H and O–H groups in total. The lowest BCUT2D eigenvalue weighted by molar-refractivity contribution is 0.886. The summed E-state index contributed by atoms with van der Waals surface area (Å²) in [5.41, 5.74) is 10.9. The van der Waals surface area contributed by atoms with Crippen molar-refractivity contribution in [1.29, 1.82) is 0 Å². The second kappa shape index (κ2) is 3.60. The number of nitrogen functional groups attached to an aromatic ring is 1. The van der Waals surface area contributed by atoms with Gasteiger partial charge in [0, 0.05) is 18.2 Å². The van der Waals surface area contributed by atoms with E-state index in [0.29, 0.717) is 5.82 Å². The molecule has 0 spiro atoms. The van der Waals surface area contributed by atoms with Gasteiger partial charge in [0.05, 0.1) is 16.7 Å². The Morgan fingerprint density at radius 2 is 2.06 bits per heavy atom. The number of nitrogens with one attached hydrogen (secondary N) is 1. The summed E-state index contributed by atoms with van der Waals surface area (Å²) in [5.74, 6) is 1.55. The van der Waals surface area contributed by atoms with E-state index in [1.54, 1.807) is 0 Å². The van der Waals surface area contributed by atoms with Crippen molar-refractivity contribution < 1.29 is 0 Å². The highest BCUT2D eigenvalue weighted by molar-refractivity contribution is 5.83. The first-order valence-corrected chi connectivity index (χ1v) is 5.82. The zero-order chi connectivity index (χ0) is 12.9. The number of hydrogen-bond donors (Lipinski definition) is 2. The molecule has 1 aromatic carbocycles. The highest BCUT2D eigenvalue weighted by Crippen LogP contribution is 2.27. The molecule has 0 saturated carbocycles. The smallest absolute Gasteiger partial charge is 0.148 e. The second-order valence-corrected chi connectivity index (χ2v) is 4.53. The van der Waals surface area contributed by atoms with Gasteiger partial charge in [0.15, 0.2) is 0 Å². The Morgan fingerprint density at radius 3 is 2.72 bits per heavy atom. The van der Waals surface area contributed by atoms with E-state index >= 15 is 0 Å². The third-order valence-electron chi connectivity index (χ3n) is 3.44. The molecule has 92 valence electrons. The zero-order valence-electron chi connectivity index (χ0n) is 10.7. The van der Waals surface area contributed by atoms with E-state index in [9.17, 15) is 0 Å². The summed E-state index contributed by atoms with van der Waals surface area (Å²) in [6, 6.07) is 6.19. The summed E-state index contributed by atoms with van der Waals surface area (Å²) in [7, 11) is 2.02. The van der Waals surface area contributed by atoms with Gasteiger partial charge < -0.3 is 10.3 Å². The molecule has 0 bridgehead atoms. The van der Waals surface area contributed by atoms with Gasteiger partial charge in [0.25, 0.3) is 0 Å². The van der Waals surface area contributed by atoms with Crippen LogP contribution in [0.25, 0.3) is 22.3 Å². The van der Waals surface area contributed by atoms with Crippen LogP contribution in [-0.2, 0) is 7.05 Å². The standard InChI is InChI=1S/C13H15N5/c1-7-12(16-17-13(7)14)9-4-5-11-10(6-9)15-8(2)18(11)3/h4-6H,1-3H3,(H3,14,16,17). The van der Waals surface area contributed by atoms with Crippen LogP contribution in [0.15, 0.2) is 18.2 Å². The minimum Gasteiger partial charge on any atom is -0.382 e. The van der Waals surface area contributed by atoms with Gasteiger partial charge >= 0.3 is 0 Å². The fraction of sp³-hybridized carbons (Fsp3) is 0.231. The summed E-state index contributed by atoms with van der Waals surface area (Å²) < 4.78 is 2.08. The highest BCUT2D eigenvalue weighted by Gasteiger charge is 2.10. The number of anilines is 1. The highest BCUT2D eigenvalue weighted by atomic mass is 15.2. The number of rotatable bonds is 1.